The van der Waals surface area contributed by atoms with E-state index in [1.165, 1.54) is 0 Å². The van der Waals surface area contributed by atoms with Crippen LogP contribution >= 0.6 is 0 Å². The largest absolute Gasteiger partial charge is 0.492 e. The second-order valence-electron chi connectivity index (χ2n) is 3.84. The Balaban J connectivity index is 1.79. The molecule has 1 aliphatic rings. The van der Waals surface area contributed by atoms with Crippen molar-refractivity contribution in [3.05, 3.63) is 66.5 Å². The summed E-state index contributed by atoms with van der Waals surface area (Å²) in [5.74, 6) is 0.779. The van der Waals surface area contributed by atoms with E-state index in [4.69, 9.17) is 4.74 Å². The Morgan fingerprint density at radius 2 is 1.67 bits per heavy atom. The molecule has 0 amide bonds. The smallest absolute Gasteiger partial charge is 0.150 e. The predicted molar refractivity (Wildman–Crippen MR) is 71.5 cm³/mol. The van der Waals surface area contributed by atoms with Crippen molar-refractivity contribution in [3.8, 4) is 5.75 Å². The molecule has 0 N–H and O–H groups in total. The van der Waals surface area contributed by atoms with Crippen molar-refractivity contribution < 1.29 is 9.53 Å². The summed E-state index contributed by atoms with van der Waals surface area (Å²) in [6.07, 6.45) is 12.8. The van der Waals surface area contributed by atoms with Gasteiger partial charge in [0.25, 0.3) is 0 Å². The standard InChI is InChI=1S/C15H15NO2/c17-13-14-5-7-15(8-6-14)18-12-11-16-9-3-1-2-4-10-16/h1-10,13H,11-12H2. The quantitative estimate of drug-likeness (QED) is 0.742. The van der Waals surface area contributed by atoms with Gasteiger partial charge in [0, 0.05) is 18.0 Å². The molecule has 1 aliphatic heterocycles. The highest BCUT2D eigenvalue weighted by molar-refractivity contribution is 5.74. The van der Waals surface area contributed by atoms with Crippen molar-refractivity contribution in [3.63, 3.8) is 0 Å². The van der Waals surface area contributed by atoms with Gasteiger partial charge < -0.3 is 9.64 Å². The van der Waals surface area contributed by atoms with Crippen LogP contribution in [0.3, 0.4) is 0 Å². The maximum atomic E-state index is 10.5. The summed E-state index contributed by atoms with van der Waals surface area (Å²) in [5.41, 5.74) is 0.659. The number of carbonyl (C=O) groups is 1. The summed E-state index contributed by atoms with van der Waals surface area (Å²) >= 11 is 0. The number of allylic oxidation sites excluding steroid dienone is 4. The molecule has 0 saturated carbocycles. The molecule has 0 unspecified atom stereocenters. The minimum absolute atomic E-state index is 0.592. The number of hydrogen-bond donors (Lipinski definition) is 0. The summed E-state index contributed by atoms with van der Waals surface area (Å²) in [7, 11) is 0. The second-order valence-corrected chi connectivity index (χ2v) is 3.84. The summed E-state index contributed by atoms with van der Waals surface area (Å²) in [5, 5.41) is 0. The Hall–Kier alpha value is -2.29. The van der Waals surface area contributed by atoms with E-state index < -0.39 is 0 Å². The summed E-state index contributed by atoms with van der Waals surface area (Å²) < 4.78 is 5.60. The van der Waals surface area contributed by atoms with Gasteiger partial charge in [-0.2, -0.15) is 0 Å². The molecule has 0 spiro atoms. The van der Waals surface area contributed by atoms with Gasteiger partial charge in [0.2, 0.25) is 0 Å². The molecule has 0 aromatic heterocycles. The van der Waals surface area contributed by atoms with E-state index in [1.807, 2.05) is 36.7 Å². The molecule has 0 fully saturated rings. The van der Waals surface area contributed by atoms with Crippen LogP contribution in [-0.2, 0) is 0 Å². The lowest BCUT2D eigenvalue weighted by molar-refractivity contribution is 0.112. The molecular weight excluding hydrogens is 226 g/mol. The molecule has 18 heavy (non-hydrogen) atoms. The first-order valence-corrected chi connectivity index (χ1v) is 5.84. The van der Waals surface area contributed by atoms with E-state index >= 15 is 0 Å². The minimum atomic E-state index is 0.592. The van der Waals surface area contributed by atoms with E-state index in [2.05, 4.69) is 4.90 Å². The zero-order valence-electron chi connectivity index (χ0n) is 10.0. The normalized spacial score (nSPS) is 13.4. The number of carbonyl (C=O) groups excluding carboxylic acids is 1. The minimum Gasteiger partial charge on any atom is -0.492 e. The van der Waals surface area contributed by atoms with E-state index in [0.717, 1.165) is 18.6 Å². The van der Waals surface area contributed by atoms with E-state index in [0.29, 0.717) is 12.2 Å². The fourth-order valence-electron chi connectivity index (χ4n) is 1.56. The van der Waals surface area contributed by atoms with Gasteiger partial charge in [-0.3, -0.25) is 4.79 Å². The second kappa shape index (κ2) is 6.45. The molecule has 0 aliphatic carbocycles. The first kappa shape index (κ1) is 12.2. The Morgan fingerprint density at radius 3 is 2.28 bits per heavy atom. The van der Waals surface area contributed by atoms with Crippen molar-refractivity contribution in [2.75, 3.05) is 13.2 Å². The number of ether oxygens (including phenoxy) is 1. The first-order valence-electron chi connectivity index (χ1n) is 5.84. The average Bonchev–Trinajstić information content (AvgIpc) is 2.68. The fourth-order valence-corrected chi connectivity index (χ4v) is 1.56. The van der Waals surface area contributed by atoms with Crippen LogP contribution in [0.15, 0.2) is 61.0 Å². The third-order valence-electron chi connectivity index (χ3n) is 2.52. The summed E-state index contributed by atoms with van der Waals surface area (Å²) in [6, 6.07) is 7.11. The van der Waals surface area contributed by atoms with Gasteiger partial charge in [-0.05, 0) is 36.4 Å². The lowest BCUT2D eigenvalue weighted by Crippen LogP contribution is -2.17. The lowest BCUT2D eigenvalue weighted by atomic mass is 10.2. The monoisotopic (exact) mass is 241 g/mol. The SMILES string of the molecule is O=Cc1ccc(OCCN2C=CC=CC=C2)cc1. The van der Waals surface area contributed by atoms with Crippen LogP contribution in [0.4, 0.5) is 0 Å². The van der Waals surface area contributed by atoms with Gasteiger partial charge in [-0.1, -0.05) is 12.2 Å². The molecule has 0 atom stereocenters. The van der Waals surface area contributed by atoms with Crippen molar-refractivity contribution in [2.24, 2.45) is 0 Å². The Labute approximate surface area is 107 Å². The number of rotatable bonds is 5. The fraction of sp³-hybridized carbons (Fsp3) is 0.133. The number of aldehydes is 1. The molecule has 92 valence electrons. The zero-order valence-corrected chi connectivity index (χ0v) is 10.0. The average molecular weight is 241 g/mol. The highest BCUT2D eigenvalue weighted by Gasteiger charge is 1.98. The van der Waals surface area contributed by atoms with Crippen LogP contribution < -0.4 is 4.74 Å². The van der Waals surface area contributed by atoms with E-state index in [1.54, 1.807) is 24.3 Å². The molecule has 1 aromatic carbocycles. The highest BCUT2D eigenvalue weighted by atomic mass is 16.5. The molecule has 3 heteroatoms. The van der Waals surface area contributed by atoms with Crippen LogP contribution in [0.2, 0.25) is 0 Å². The summed E-state index contributed by atoms with van der Waals surface area (Å²) in [6.45, 7) is 1.37. The first-order chi connectivity index (χ1) is 8.88. The van der Waals surface area contributed by atoms with Gasteiger partial charge in [-0.25, -0.2) is 0 Å². The molecule has 0 radical (unpaired) electrons. The number of benzene rings is 1. The third kappa shape index (κ3) is 3.63. The maximum absolute atomic E-state index is 10.5. The van der Waals surface area contributed by atoms with Crippen molar-refractivity contribution in [1.82, 2.24) is 4.90 Å². The molecular formula is C15H15NO2. The number of nitrogens with zero attached hydrogens (tertiary/aromatic N) is 1. The van der Waals surface area contributed by atoms with E-state index in [-0.39, 0.29) is 0 Å². The molecule has 3 nitrogen and oxygen atoms in total. The molecule has 0 bridgehead atoms. The van der Waals surface area contributed by atoms with Gasteiger partial charge in [-0.15, -0.1) is 0 Å². The predicted octanol–water partition coefficient (Wildman–Crippen LogP) is 2.78. The van der Waals surface area contributed by atoms with E-state index in [9.17, 15) is 4.79 Å². The molecule has 0 saturated heterocycles. The maximum Gasteiger partial charge on any atom is 0.150 e. The third-order valence-corrected chi connectivity index (χ3v) is 2.52. The molecule has 2 rings (SSSR count). The van der Waals surface area contributed by atoms with Crippen molar-refractivity contribution in [1.29, 1.82) is 0 Å². The van der Waals surface area contributed by atoms with Crippen LogP contribution in [0, 0.1) is 0 Å². The zero-order chi connectivity index (χ0) is 12.6. The van der Waals surface area contributed by atoms with Gasteiger partial charge >= 0.3 is 0 Å². The number of hydrogen-bond acceptors (Lipinski definition) is 3. The Kier molecular flexibility index (Phi) is 4.36. The Bertz CT molecular complexity index is 456. The van der Waals surface area contributed by atoms with Crippen LogP contribution in [0.5, 0.6) is 5.75 Å². The topological polar surface area (TPSA) is 29.5 Å². The van der Waals surface area contributed by atoms with Gasteiger partial charge in [0.1, 0.15) is 18.6 Å². The highest BCUT2D eigenvalue weighted by Crippen LogP contribution is 2.11. The summed E-state index contributed by atoms with van der Waals surface area (Å²) in [4.78, 5) is 12.6. The van der Waals surface area contributed by atoms with Crippen molar-refractivity contribution in [2.45, 2.75) is 0 Å². The van der Waals surface area contributed by atoms with Crippen LogP contribution in [0.25, 0.3) is 0 Å². The molecule has 1 aromatic rings. The Morgan fingerprint density at radius 1 is 1.00 bits per heavy atom. The van der Waals surface area contributed by atoms with Gasteiger partial charge in [0.15, 0.2) is 0 Å². The van der Waals surface area contributed by atoms with Gasteiger partial charge in [0.05, 0.1) is 6.54 Å². The van der Waals surface area contributed by atoms with Crippen LogP contribution in [-0.4, -0.2) is 24.3 Å². The molecule has 1 heterocycles. The van der Waals surface area contributed by atoms with Crippen molar-refractivity contribution >= 4 is 6.29 Å². The van der Waals surface area contributed by atoms with Crippen LogP contribution in [0.1, 0.15) is 10.4 Å². The lowest BCUT2D eigenvalue weighted by Gasteiger charge is -2.15.